The minimum absolute atomic E-state index is 0.0923. The van der Waals surface area contributed by atoms with E-state index in [1.807, 2.05) is 24.3 Å². The molecule has 0 bridgehead atoms. The van der Waals surface area contributed by atoms with E-state index in [1.54, 1.807) is 18.9 Å². The lowest BCUT2D eigenvalue weighted by Crippen LogP contribution is -2.39. The van der Waals surface area contributed by atoms with Crippen LogP contribution < -0.4 is 4.74 Å². The van der Waals surface area contributed by atoms with Gasteiger partial charge in [0.15, 0.2) is 5.82 Å². The number of fused-ring (bicyclic) bond motifs is 1. The minimum atomic E-state index is -0.132. The van der Waals surface area contributed by atoms with Crippen LogP contribution in [0.2, 0.25) is 0 Å². The predicted molar refractivity (Wildman–Crippen MR) is 79.5 cm³/mol. The summed E-state index contributed by atoms with van der Waals surface area (Å²) in [6.45, 7) is 2.75. The van der Waals surface area contributed by atoms with Crippen molar-refractivity contribution in [1.29, 1.82) is 0 Å². The molecule has 0 saturated heterocycles. The zero-order valence-corrected chi connectivity index (χ0v) is 12.8. The summed E-state index contributed by atoms with van der Waals surface area (Å²) in [7, 11) is 1.80. The van der Waals surface area contributed by atoms with Gasteiger partial charge in [-0.3, -0.25) is 4.79 Å². The van der Waals surface area contributed by atoms with Crippen molar-refractivity contribution >= 4 is 5.91 Å². The third kappa shape index (κ3) is 3.10. The fourth-order valence-corrected chi connectivity index (χ4v) is 2.62. The van der Waals surface area contributed by atoms with E-state index in [2.05, 4.69) is 10.1 Å². The van der Waals surface area contributed by atoms with E-state index in [-0.39, 0.29) is 11.8 Å². The monoisotopic (exact) mass is 301 g/mol. The first-order chi connectivity index (χ1) is 10.6. The zero-order valence-electron chi connectivity index (χ0n) is 12.8. The van der Waals surface area contributed by atoms with Crippen LogP contribution in [-0.2, 0) is 17.6 Å². The number of likely N-dealkylation sites (N-methyl/N-ethyl adjacent to an activating group) is 1. The number of benzene rings is 1. The number of carbonyl (C=O) groups excluding carboxylic acids is 1. The number of hydrogen-bond donors (Lipinski definition) is 0. The summed E-state index contributed by atoms with van der Waals surface area (Å²) in [5.74, 6) is 2.02. The van der Waals surface area contributed by atoms with Gasteiger partial charge in [0.25, 0.3) is 0 Å². The van der Waals surface area contributed by atoms with Crippen LogP contribution in [-0.4, -0.2) is 41.1 Å². The minimum Gasteiger partial charge on any atom is -0.492 e. The average molecular weight is 301 g/mol. The number of rotatable bonds is 4. The number of aromatic nitrogens is 2. The first-order valence-electron chi connectivity index (χ1n) is 7.38. The SMILES string of the molecule is Cc1nc(CCN(C)C(=O)[C@H]2COc3ccccc3C2)no1. The van der Waals surface area contributed by atoms with E-state index in [1.165, 1.54) is 0 Å². The molecule has 0 spiro atoms. The van der Waals surface area contributed by atoms with Crippen molar-refractivity contribution in [3.8, 4) is 5.75 Å². The maximum atomic E-state index is 12.5. The maximum absolute atomic E-state index is 12.5. The molecule has 1 atom stereocenters. The molecule has 2 aromatic rings. The van der Waals surface area contributed by atoms with Crippen LogP contribution in [0.3, 0.4) is 0 Å². The Morgan fingerprint density at radius 2 is 2.23 bits per heavy atom. The fourth-order valence-electron chi connectivity index (χ4n) is 2.62. The van der Waals surface area contributed by atoms with E-state index >= 15 is 0 Å². The van der Waals surface area contributed by atoms with Gasteiger partial charge in [-0.05, 0) is 18.1 Å². The molecule has 1 aromatic carbocycles. The van der Waals surface area contributed by atoms with E-state index in [0.717, 1.165) is 17.7 Å². The van der Waals surface area contributed by atoms with Crippen molar-refractivity contribution in [2.45, 2.75) is 19.8 Å². The van der Waals surface area contributed by atoms with E-state index in [0.29, 0.717) is 31.3 Å². The molecular formula is C16H19N3O3. The Kier molecular flexibility index (Phi) is 4.09. The number of ether oxygens (including phenoxy) is 1. The Labute approximate surface area is 129 Å². The van der Waals surface area contributed by atoms with Crippen molar-refractivity contribution < 1.29 is 14.1 Å². The van der Waals surface area contributed by atoms with E-state index in [9.17, 15) is 4.79 Å². The highest BCUT2D eigenvalue weighted by Crippen LogP contribution is 2.27. The quantitative estimate of drug-likeness (QED) is 0.858. The largest absolute Gasteiger partial charge is 0.492 e. The second-order valence-corrected chi connectivity index (χ2v) is 5.56. The lowest BCUT2D eigenvalue weighted by Gasteiger charge is -2.28. The molecule has 6 heteroatoms. The summed E-state index contributed by atoms with van der Waals surface area (Å²) in [5, 5.41) is 3.84. The molecule has 0 N–H and O–H groups in total. The molecule has 1 aliphatic rings. The number of amides is 1. The summed E-state index contributed by atoms with van der Waals surface area (Å²) in [4.78, 5) is 18.4. The summed E-state index contributed by atoms with van der Waals surface area (Å²) >= 11 is 0. The Hall–Kier alpha value is -2.37. The molecule has 0 fully saturated rings. The third-order valence-electron chi connectivity index (χ3n) is 3.84. The maximum Gasteiger partial charge on any atom is 0.229 e. The van der Waals surface area contributed by atoms with Gasteiger partial charge in [-0.2, -0.15) is 4.98 Å². The van der Waals surface area contributed by atoms with Crippen LogP contribution in [0.5, 0.6) is 5.75 Å². The van der Waals surface area contributed by atoms with E-state index in [4.69, 9.17) is 9.26 Å². The van der Waals surface area contributed by atoms with Gasteiger partial charge in [0, 0.05) is 26.9 Å². The first-order valence-corrected chi connectivity index (χ1v) is 7.38. The highest BCUT2D eigenvalue weighted by Gasteiger charge is 2.28. The van der Waals surface area contributed by atoms with Gasteiger partial charge < -0.3 is 14.2 Å². The molecule has 2 heterocycles. The number of nitrogens with zero attached hydrogens (tertiary/aromatic N) is 3. The molecule has 0 unspecified atom stereocenters. The lowest BCUT2D eigenvalue weighted by molar-refractivity contribution is -0.135. The molecule has 22 heavy (non-hydrogen) atoms. The summed E-state index contributed by atoms with van der Waals surface area (Å²) in [6.07, 6.45) is 1.31. The van der Waals surface area contributed by atoms with Crippen molar-refractivity contribution in [2.75, 3.05) is 20.2 Å². The normalized spacial score (nSPS) is 16.7. The van der Waals surface area contributed by atoms with Crippen LogP contribution in [0.4, 0.5) is 0 Å². The summed E-state index contributed by atoms with van der Waals surface area (Å²) < 4.78 is 10.6. The summed E-state index contributed by atoms with van der Waals surface area (Å²) in [6, 6.07) is 7.87. The molecule has 6 nitrogen and oxygen atoms in total. The Bertz CT molecular complexity index is 668. The molecular weight excluding hydrogens is 282 g/mol. The highest BCUT2D eigenvalue weighted by molar-refractivity contribution is 5.79. The van der Waals surface area contributed by atoms with Gasteiger partial charge in [0.2, 0.25) is 11.8 Å². The fraction of sp³-hybridized carbons (Fsp3) is 0.438. The molecule has 116 valence electrons. The molecule has 0 radical (unpaired) electrons. The summed E-state index contributed by atoms with van der Waals surface area (Å²) in [5.41, 5.74) is 1.09. The molecule has 1 aromatic heterocycles. The lowest BCUT2D eigenvalue weighted by atomic mass is 9.95. The second kappa shape index (κ2) is 6.17. The average Bonchev–Trinajstić information content (AvgIpc) is 2.97. The van der Waals surface area contributed by atoms with Crippen molar-refractivity contribution in [3.05, 3.63) is 41.5 Å². The van der Waals surface area contributed by atoms with Gasteiger partial charge in [-0.15, -0.1) is 0 Å². The third-order valence-corrected chi connectivity index (χ3v) is 3.84. The second-order valence-electron chi connectivity index (χ2n) is 5.56. The number of aryl methyl sites for hydroxylation is 1. The van der Waals surface area contributed by atoms with Crippen LogP contribution in [0.1, 0.15) is 17.3 Å². The molecule has 0 aliphatic carbocycles. The van der Waals surface area contributed by atoms with Gasteiger partial charge in [-0.25, -0.2) is 0 Å². The van der Waals surface area contributed by atoms with Crippen LogP contribution in [0.15, 0.2) is 28.8 Å². The zero-order chi connectivity index (χ0) is 15.5. The Morgan fingerprint density at radius 1 is 1.41 bits per heavy atom. The van der Waals surface area contributed by atoms with Crippen LogP contribution >= 0.6 is 0 Å². The van der Waals surface area contributed by atoms with Gasteiger partial charge >= 0.3 is 0 Å². The molecule has 1 aliphatic heterocycles. The smallest absolute Gasteiger partial charge is 0.229 e. The Morgan fingerprint density at radius 3 is 3.00 bits per heavy atom. The number of carbonyl (C=O) groups is 1. The first kappa shape index (κ1) is 14.6. The van der Waals surface area contributed by atoms with E-state index < -0.39 is 0 Å². The topological polar surface area (TPSA) is 68.5 Å². The number of hydrogen-bond acceptors (Lipinski definition) is 5. The molecule has 0 saturated carbocycles. The van der Waals surface area contributed by atoms with Crippen molar-refractivity contribution in [2.24, 2.45) is 5.92 Å². The standard InChI is InChI=1S/C16H19N3O3/c1-11-17-15(18-22-11)7-8-19(2)16(20)13-9-12-5-3-4-6-14(12)21-10-13/h3-6,13H,7-10H2,1-2H3/t13-/m1/s1. The van der Waals surface area contributed by atoms with Gasteiger partial charge in [0.05, 0.1) is 5.92 Å². The van der Waals surface area contributed by atoms with Crippen molar-refractivity contribution in [3.63, 3.8) is 0 Å². The van der Waals surface area contributed by atoms with Gasteiger partial charge in [-0.1, -0.05) is 23.4 Å². The van der Waals surface area contributed by atoms with Crippen LogP contribution in [0, 0.1) is 12.8 Å². The van der Waals surface area contributed by atoms with Crippen LogP contribution in [0.25, 0.3) is 0 Å². The van der Waals surface area contributed by atoms with Crippen molar-refractivity contribution in [1.82, 2.24) is 15.0 Å². The van der Waals surface area contributed by atoms with Gasteiger partial charge in [0.1, 0.15) is 12.4 Å². The molecule has 1 amide bonds. The Balaban J connectivity index is 1.57. The highest BCUT2D eigenvalue weighted by atomic mass is 16.5. The molecule has 3 rings (SSSR count). The predicted octanol–water partition coefficient (Wildman–Crippen LogP) is 1.63. The number of para-hydroxylation sites is 1.